The first-order valence-electron chi connectivity index (χ1n) is 12.4. The maximum Gasteiger partial charge on any atom is 0.294 e. The number of thioether (sulfide) groups is 1. The Bertz CT molecular complexity index is 1430. The summed E-state index contributed by atoms with van der Waals surface area (Å²) in [5, 5.41) is 2.14. The fourth-order valence-electron chi connectivity index (χ4n) is 3.71. The van der Waals surface area contributed by atoms with E-state index in [0.717, 1.165) is 22.2 Å². The number of nitrogens with one attached hydrogen (secondary N) is 1. The number of hydrogen-bond donors (Lipinski definition) is 1. The van der Waals surface area contributed by atoms with E-state index in [1.807, 2.05) is 13.8 Å². The standard InChI is InChI=1S/C29H26BrFN2O6S/c1-3-37-22-11-9-21(10-12-22)32-27(34)16-33-28(35)26(40-29(33)36)14-19-13-24(38-4-2)25(15-23(19)30)39-17-18-5-7-20(31)8-6-18/h5-15H,3-4,16-17H2,1-2H3,(H,32,34)/b26-14+. The zero-order valence-electron chi connectivity index (χ0n) is 21.7. The zero-order chi connectivity index (χ0) is 28.6. The summed E-state index contributed by atoms with van der Waals surface area (Å²) in [6, 6.07) is 16.2. The normalized spacial score (nSPS) is 14.0. The van der Waals surface area contributed by atoms with Gasteiger partial charge in [-0.1, -0.05) is 28.1 Å². The van der Waals surface area contributed by atoms with Crippen LogP contribution in [0.25, 0.3) is 6.08 Å². The van der Waals surface area contributed by atoms with Gasteiger partial charge in [0.05, 0.1) is 18.1 Å². The number of nitrogens with zero attached hydrogens (tertiary/aromatic N) is 1. The fraction of sp³-hybridized carbons (Fsp3) is 0.207. The molecule has 0 bridgehead atoms. The van der Waals surface area contributed by atoms with Crippen LogP contribution in [0.3, 0.4) is 0 Å². The van der Waals surface area contributed by atoms with Gasteiger partial charge in [0.1, 0.15) is 24.7 Å². The lowest BCUT2D eigenvalue weighted by molar-refractivity contribution is -0.127. The first-order chi connectivity index (χ1) is 19.3. The molecule has 1 aliphatic heterocycles. The van der Waals surface area contributed by atoms with Crippen LogP contribution in [-0.2, 0) is 16.2 Å². The third-order valence-corrected chi connectivity index (χ3v) is 7.18. The number of rotatable bonds is 11. The lowest BCUT2D eigenvalue weighted by Crippen LogP contribution is -2.36. The average molecular weight is 630 g/mol. The Morgan fingerprint density at radius 3 is 2.33 bits per heavy atom. The van der Waals surface area contributed by atoms with E-state index in [-0.39, 0.29) is 17.3 Å². The summed E-state index contributed by atoms with van der Waals surface area (Å²) in [5.41, 5.74) is 1.89. The smallest absolute Gasteiger partial charge is 0.294 e. The van der Waals surface area contributed by atoms with Crippen LogP contribution in [0.1, 0.15) is 25.0 Å². The Morgan fingerprint density at radius 1 is 0.975 bits per heavy atom. The van der Waals surface area contributed by atoms with Gasteiger partial charge >= 0.3 is 0 Å². The molecule has 1 N–H and O–H groups in total. The quantitative estimate of drug-likeness (QED) is 0.238. The predicted octanol–water partition coefficient (Wildman–Crippen LogP) is 6.64. The van der Waals surface area contributed by atoms with Crippen molar-refractivity contribution >= 4 is 56.5 Å². The number of imide groups is 1. The van der Waals surface area contributed by atoms with Crippen molar-refractivity contribution in [3.05, 3.63) is 87.0 Å². The molecule has 3 amide bonds. The minimum absolute atomic E-state index is 0.169. The lowest BCUT2D eigenvalue weighted by Gasteiger charge is -2.14. The lowest BCUT2D eigenvalue weighted by atomic mass is 10.1. The largest absolute Gasteiger partial charge is 0.494 e. The second-order valence-corrected chi connectivity index (χ2v) is 10.3. The average Bonchev–Trinajstić information content (AvgIpc) is 3.19. The second-order valence-electron chi connectivity index (χ2n) is 8.44. The second kappa shape index (κ2) is 13.5. The van der Waals surface area contributed by atoms with Gasteiger partial charge in [-0.2, -0.15) is 0 Å². The van der Waals surface area contributed by atoms with E-state index in [1.165, 1.54) is 12.1 Å². The Hall–Kier alpha value is -3.83. The molecule has 3 aromatic carbocycles. The third kappa shape index (κ3) is 7.42. The van der Waals surface area contributed by atoms with E-state index < -0.39 is 23.6 Å². The minimum atomic E-state index is -0.571. The Balaban J connectivity index is 1.45. The molecule has 1 aliphatic rings. The molecule has 1 saturated heterocycles. The van der Waals surface area contributed by atoms with Gasteiger partial charge in [-0.05, 0) is 91.3 Å². The highest BCUT2D eigenvalue weighted by Gasteiger charge is 2.36. The molecular formula is C29H26BrFN2O6S. The van der Waals surface area contributed by atoms with Crippen LogP contribution < -0.4 is 19.5 Å². The van der Waals surface area contributed by atoms with Crippen molar-refractivity contribution in [1.82, 2.24) is 4.90 Å². The molecule has 0 saturated carbocycles. The highest BCUT2D eigenvalue weighted by Crippen LogP contribution is 2.38. The molecule has 11 heteroatoms. The molecular weight excluding hydrogens is 603 g/mol. The number of amides is 3. The molecule has 0 aliphatic carbocycles. The van der Waals surface area contributed by atoms with Crippen molar-refractivity contribution in [2.24, 2.45) is 0 Å². The Kier molecular flexibility index (Phi) is 9.84. The molecule has 0 aromatic heterocycles. The number of halogens is 2. The predicted molar refractivity (Wildman–Crippen MR) is 155 cm³/mol. The molecule has 0 spiro atoms. The summed E-state index contributed by atoms with van der Waals surface area (Å²) < 4.78 is 30.8. The molecule has 0 radical (unpaired) electrons. The van der Waals surface area contributed by atoms with Crippen molar-refractivity contribution in [2.45, 2.75) is 20.5 Å². The zero-order valence-corrected chi connectivity index (χ0v) is 24.1. The van der Waals surface area contributed by atoms with Gasteiger partial charge in [-0.25, -0.2) is 4.39 Å². The summed E-state index contributed by atoms with van der Waals surface area (Å²) in [4.78, 5) is 39.2. The first-order valence-corrected chi connectivity index (χ1v) is 14.0. The maximum atomic E-state index is 13.2. The van der Waals surface area contributed by atoms with Crippen molar-refractivity contribution in [3.63, 3.8) is 0 Å². The number of hydrogen-bond acceptors (Lipinski definition) is 7. The number of ether oxygens (including phenoxy) is 3. The summed E-state index contributed by atoms with van der Waals surface area (Å²) in [6.45, 7) is 4.37. The van der Waals surface area contributed by atoms with E-state index in [0.29, 0.717) is 46.2 Å². The summed E-state index contributed by atoms with van der Waals surface area (Å²) in [6.07, 6.45) is 1.56. The van der Waals surface area contributed by atoms with Gasteiger partial charge in [0.25, 0.3) is 11.1 Å². The first kappa shape index (κ1) is 29.2. The molecule has 1 fully saturated rings. The molecule has 4 rings (SSSR count). The van der Waals surface area contributed by atoms with Crippen molar-refractivity contribution in [1.29, 1.82) is 0 Å². The van der Waals surface area contributed by atoms with E-state index in [9.17, 15) is 18.8 Å². The minimum Gasteiger partial charge on any atom is -0.494 e. The van der Waals surface area contributed by atoms with Crippen LogP contribution in [0.2, 0.25) is 0 Å². The number of carbonyl (C=O) groups is 3. The summed E-state index contributed by atoms with van der Waals surface area (Å²) >= 11 is 4.25. The Labute approximate surface area is 243 Å². The van der Waals surface area contributed by atoms with Crippen molar-refractivity contribution in [2.75, 3.05) is 25.1 Å². The van der Waals surface area contributed by atoms with Crippen LogP contribution in [-0.4, -0.2) is 41.7 Å². The van der Waals surface area contributed by atoms with Crippen molar-refractivity contribution in [3.8, 4) is 17.2 Å². The number of benzene rings is 3. The fourth-order valence-corrected chi connectivity index (χ4v) is 4.97. The van der Waals surface area contributed by atoms with E-state index >= 15 is 0 Å². The number of anilines is 1. The maximum absolute atomic E-state index is 13.2. The Morgan fingerprint density at radius 2 is 1.65 bits per heavy atom. The summed E-state index contributed by atoms with van der Waals surface area (Å²) in [5.74, 6) is 0.155. The monoisotopic (exact) mass is 628 g/mol. The molecule has 0 unspecified atom stereocenters. The van der Waals surface area contributed by atoms with Crippen LogP contribution in [0, 0.1) is 5.82 Å². The van der Waals surface area contributed by atoms with Gasteiger partial charge in [-0.15, -0.1) is 0 Å². The van der Waals surface area contributed by atoms with Gasteiger partial charge in [0.15, 0.2) is 11.5 Å². The van der Waals surface area contributed by atoms with E-state index in [4.69, 9.17) is 14.2 Å². The van der Waals surface area contributed by atoms with Crippen LogP contribution in [0.15, 0.2) is 70.0 Å². The van der Waals surface area contributed by atoms with Crippen LogP contribution in [0.5, 0.6) is 17.2 Å². The van der Waals surface area contributed by atoms with Gasteiger partial charge in [0.2, 0.25) is 5.91 Å². The van der Waals surface area contributed by atoms with Gasteiger partial charge in [0, 0.05) is 10.2 Å². The van der Waals surface area contributed by atoms with Gasteiger partial charge in [-0.3, -0.25) is 19.3 Å². The summed E-state index contributed by atoms with van der Waals surface area (Å²) in [7, 11) is 0. The molecule has 208 valence electrons. The topological polar surface area (TPSA) is 94.2 Å². The van der Waals surface area contributed by atoms with E-state index in [1.54, 1.807) is 54.6 Å². The molecule has 3 aromatic rings. The molecule has 1 heterocycles. The SMILES string of the molecule is CCOc1ccc(NC(=O)CN2C(=O)S/C(=C/c3cc(OCC)c(OCc4ccc(F)cc4)cc3Br)C2=O)cc1. The van der Waals surface area contributed by atoms with Crippen LogP contribution in [0.4, 0.5) is 14.9 Å². The van der Waals surface area contributed by atoms with E-state index in [2.05, 4.69) is 21.2 Å². The van der Waals surface area contributed by atoms with Gasteiger partial charge < -0.3 is 19.5 Å². The van der Waals surface area contributed by atoms with Crippen molar-refractivity contribution < 1.29 is 33.0 Å². The highest BCUT2D eigenvalue weighted by atomic mass is 79.9. The molecule has 0 atom stereocenters. The third-order valence-electron chi connectivity index (χ3n) is 5.58. The molecule has 8 nitrogen and oxygen atoms in total. The number of carbonyl (C=O) groups excluding carboxylic acids is 3. The highest BCUT2D eigenvalue weighted by molar-refractivity contribution is 9.10. The molecule has 40 heavy (non-hydrogen) atoms. The van der Waals surface area contributed by atoms with Crippen LogP contribution >= 0.6 is 27.7 Å².